The fourth-order valence-electron chi connectivity index (χ4n) is 2.23. The molecule has 0 aliphatic heterocycles. The predicted molar refractivity (Wildman–Crippen MR) is 85.7 cm³/mol. The summed E-state index contributed by atoms with van der Waals surface area (Å²) in [6.45, 7) is 7.38. The van der Waals surface area contributed by atoms with Crippen LogP contribution in [0.4, 0.5) is 0 Å². The van der Waals surface area contributed by atoms with Crippen molar-refractivity contribution in [3.05, 3.63) is 35.3 Å². The van der Waals surface area contributed by atoms with Gasteiger partial charge in [-0.1, -0.05) is 32.1 Å². The van der Waals surface area contributed by atoms with Crippen LogP contribution in [0.15, 0.2) is 35.3 Å². The molecule has 108 valence electrons. The van der Waals surface area contributed by atoms with Crippen LogP contribution in [-0.4, -0.2) is 25.0 Å². The summed E-state index contributed by atoms with van der Waals surface area (Å²) < 4.78 is 2.88. The minimum absolute atomic E-state index is 0.152. The lowest BCUT2D eigenvalue weighted by Gasteiger charge is -2.17. The highest BCUT2D eigenvalue weighted by Crippen LogP contribution is 2.33. The van der Waals surface area contributed by atoms with Gasteiger partial charge in [0.05, 0.1) is 9.99 Å². The van der Waals surface area contributed by atoms with E-state index in [1.165, 1.54) is 6.33 Å². The summed E-state index contributed by atoms with van der Waals surface area (Å²) >= 11 is 3.64. The molecule has 0 saturated heterocycles. The molecule has 0 fully saturated rings. The monoisotopic (exact) mass is 345 g/mol. The van der Waals surface area contributed by atoms with Crippen LogP contribution in [0.5, 0.6) is 0 Å². The standard InChI is InChI=1S/C15H16BrN5/c1-15(2,3)8-21-12-5-4-11(10-6-17-9-18-7-10)13(16)14(12)19-20-21/h4-7,9H,8H2,1-3H3. The highest BCUT2D eigenvalue weighted by atomic mass is 79.9. The van der Waals surface area contributed by atoms with Crippen molar-refractivity contribution in [2.75, 3.05) is 0 Å². The van der Waals surface area contributed by atoms with Crippen molar-refractivity contribution in [2.24, 2.45) is 5.41 Å². The summed E-state index contributed by atoms with van der Waals surface area (Å²) in [4.78, 5) is 8.13. The van der Waals surface area contributed by atoms with Gasteiger partial charge >= 0.3 is 0 Å². The third-order valence-corrected chi connectivity index (χ3v) is 3.92. The van der Waals surface area contributed by atoms with Crippen LogP contribution in [0.1, 0.15) is 20.8 Å². The maximum absolute atomic E-state index is 4.31. The molecular formula is C15H16BrN5. The molecule has 1 aromatic carbocycles. The third kappa shape index (κ3) is 2.81. The van der Waals surface area contributed by atoms with Crippen LogP contribution >= 0.6 is 15.9 Å². The van der Waals surface area contributed by atoms with Gasteiger partial charge in [0.15, 0.2) is 0 Å². The van der Waals surface area contributed by atoms with E-state index in [-0.39, 0.29) is 5.41 Å². The van der Waals surface area contributed by atoms with Gasteiger partial charge in [0.1, 0.15) is 11.8 Å². The van der Waals surface area contributed by atoms with Crippen molar-refractivity contribution in [3.63, 3.8) is 0 Å². The number of benzene rings is 1. The first-order valence-electron chi connectivity index (χ1n) is 6.73. The molecule has 0 spiro atoms. The Morgan fingerprint density at radius 3 is 2.52 bits per heavy atom. The zero-order chi connectivity index (χ0) is 15.0. The van der Waals surface area contributed by atoms with E-state index in [4.69, 9.17) is 0 Å². The molecule has 0 amide bonds. The first-order chi connectivity index (χ1) is 9.96. The smallest absolute Gasteiger partial charge is 0.127 e. The molecule has 6 heteroatoms. The van der Waals surface area contributed by atoms with E-state index >= 15 is 0 Å². The Kier molecular flexibility index (Phi) is 3.49. The van der Waals surface area contributed by atoms with Gasteiger partial charge in [-0.25, -0.2) is 14.6 Å². The van der Waals surface area contributed by atoms with Crippen molar-refractivity contribution in [3.8, 4) is 11.1 Å². The zero-order valence-electron chi connectivity index (χ0n) is 12.2. The maximum atomic E-state index is 4.31. The molecule has 0 aliphatic rings. The highest BCUT2D eigenvalue weighted by Gasteiger charge is 2.17. The highest BCUT2D eigenvalue weighted by molar-refractivity contribution is 9.10. The van der Waals surface area contributed by atoms with Gasteiger partial charge in [-0.2, -0.15) is 0 Å². The number of aromatic nitrogens is 5. The van der Waals surface area contributed by atoms with E-state index in [0.717, 1.165) is 33.2 Å². The normalized spacial score (nSPS) is 12.0. The van der Waals surface area contributed by atoms with E-state index in [9.17, 15) is 0 Å². The molecule has 0 saturated carbocycles. The van der Waals surface area contributed by atoms with Crippen molar-refractivity contribution in [1.82, 2.24) is 25.0 Å². The maximum Gasteiger partial charge on any atom is 0.127 e. The fourth-order valence-corrected chi connectivity index (χ4v) is 2.88. The van der Waals surface area contributed by atoms with E-state index in [0.29, 0.717) is 0 Å². The molecule has 21 heavy (non-hydrogen) atoms. The second-order valence-corrected chi connectivity index (χ2v) is 7.02. The lowest BCUT2D eigenvalue weighted by molar-refractivity contribution is 0.327. The molecule has 0 unspecified atom stereocenters. The number of hydrogen-bond donors (Lipinski definition) is 0. The summed E-state index contributed by atoms with van der Waals surface area (Å²) in [7, 11) is 0. The number of hydrogen-bond acceptors (Lipinski definition) is 4. The van der Waals surface area contributed by atoms with Gasteiger partial charge in [-0.05, 0) is 27.4 Å². The van der Waals surface area contributed by atoms with E-state index in [1.54, 1.807) is 12.4 Å². The number of fused-ring (bicyclic) bond motifs is 1. The molecule has 0 atom stereocenters. The van der Waals surface area contributed by atoms with E-state index in [2.05, 4.69) is 57.0 Å². The van der Waals surface area contributed by atoms with Gasteiger partial charge in [0, 0.05) is 30.1 Å². The van der Waals surface area contributed by atoms with Crippen molar-refractivity contribution >= 4 is 27.0 Å². The molecule has 0 radical (unpaired) electrons. The first-order valence-corrected chi connectivity index (χ1v) is 7.52. The van der Waals surface area contributed by atoms with E-state index < -0.39 is 0 Å². The Morgan fingerprint density at radius 2 is 1.86 bits per heavy atom. The largest absolute Gasteiger partial charge is 0.244 e. The van der Waals surface area contributed by atoms with Crippen molar-refractivity contribution < 1.29 is 0 Å². The van der Waals surface area contributed by atoms with Crippen LogP contribution in [0, 0.1) is 5.41 Å². The lowest BCUT2D eigenvalue weighted by Crippen LogP contribution is -2.16. The third-order valence-electron chi connectivity index (χ3n) is 3.12. The lowest BCUT2D eigenvalue weighted by atomic mass is 9.97. The molecular weight excluding hydrogens is 330 g/mol. The summed E-state index contributed by atoms with van der Waals surface area (Å²) in [6, 6.07) is 4.10. The Hall–Kier alpha value is -1.82. The number of nitrogens with zero attached hydrogens (tertiary/aromatic N) is 5. The van der Waals surface area contributed by atoms with Gasteiger partial charge < -0.3 is 0 Å². The minimum atomic E-state index is 0.152. The van der Waals surface area contributed by atoms with E-state index in [1.807, 2.05) is 16.8 Å². The quantitative estimate of drug-likeness (QED) is 0.710. The Bertz CT molecular complexity index is 774. The summed E-state index contributed by atoms with van der Waals surface area (Å²) in [5, 5.41) is 8.60. The van der Waals surface area contributed by atoms with Gasteiger partial charge in [-0.15, -0.1) is 5.10 Å². The average Bonchev–Trinajstić information content (AvgIpc) is 2.82. The summed E-state index contributed by atoms with van der Waals surface area (Å²) in [5.41, 5.74) is 4.01. The van der Waals surface area contributed by atoms with Crippen LogP contribution in [-0.2, 0) is 6.54 Å². The zero-order valence-corrected chi connectivity index (χ0v) is 13.8. The molecule has 2 heterocycles. The van der Waals surface area contributed by atoms with Gasteiger partial charge in [-0.3, -0.25) is 0 Å². The SMILES string of the molecule is CC(C)(C)Cn1nnc2c(Br)c(-c3cncnc3)ccc21. The molecule has 5 nitrogen and oxygen atoms in total. The van der Waals surface area contributed by atoms with Crippen LogP contribution in [0.2, 0.25) is 0 Å². The molecule has 0 aliphatic carbocycles. The summed E-state index contributed by atoms with van der Waals surface area (Å²) in [6.07, 6.45) is 5.10. The number of rotatable bonds is 2. The van der Waals surface area contributed by atoms with Gasteiger partial charge in [0.2, 0.25) is 0 Å². The Morgan fingerprint density at radius 1 is 1.14 bits per heavy atom. The van der Waals surface area contributed by atoms with Crippen LogP contribution in [0.3, 0.4) is 0 Å². The van der Waals surface area contributed by atoms with Crippen molar-refractivity contribution in [2.45, 2.75) is 27.3 Å². The summed E-state index contributed by atoms with van der Waals surface area (Å²) in [5.74, 6) is 0. The van der Waals surface area contributed by atoms with Gasteiger partial charge in [0.25, 0.3) is 0 Å². The minimum Gasteiger partial charge on any atom is -0.244 e. The van der Waals surface area contributed by atoms with Crippen LogP contribution in [0.25, 0.3) is 22.2 Å². The molecule has 2 aromatic heterocycles. The second kappa shape index (κ2) is 5.18. The first kappa shape index (κ1) is 14.1. The predicted octanol–water partition coefficient (Wildman–Crippen LogP) is 3.70. The fraction of sp³-hybridized carbons (Fsp3) is 0.333. The molecule has 0 N–H and O–H groups in total. The Labute approximate surface area is 131 Å². The second-order valence-electron chi connectivity index (χ2n) is 6.23. The van der Waals surface area contributed by atoms with Crippen LogP contribution < -0.4 is 0 Å². The molecule has 3 aromatic rings. The average molecular weight is 346 g/mol. The van der Waals surface area contributed by atoms with Crippen molar-refractivity contribution in [1.29, 1.82) is 0 Å². The topological polar surface area (TPSA) is 56.5 Å². The number of halogens is 1. The Balaban J connectivity index is 2.11. The molecule has 0 bridgehead atoms. The molecule has 3 rings (SSSR count).